The maximum absolute atomic E-state index is 13.1. The van der Waals surface area contributed by atoms with E-state index in [2.05, 4.69) is 0 Å². The van der Waals surface area contributed by atoms with Crippen molar-refractivity contribution in [3.8, 4) is 0 Å². The van der Waals surface area contributed by atoms with E-state index in [0.717, 1.165) is 10.9 Å². The standard InChI is InChI=1S/C15H16FNO2/c1-3-11(15(18)19-2)6-8-17-9-7-12-10-13(16)4-5-14(12)17/h4-7,9-10H,3,8H2,1-2H3. The van der Waals surface area contributed by atoms with Gasteiger partial charge < -0.3 is 9.30 Å². The minimum absolute atomic E-state index is 0.246. The van der Waals surface area contributed by atoms with Crippen LogP contribution in [0.15, 0.2) is 42.1 Å². The largest absolute Gasteiger partial charge is 0.466 e. The Balaban J connectivity index is 2.26. The van der Waals surface area contributed by atoms with Crippen molar-refractivity contribution in [3.05, 3.63) is 47.9 Å². The van der Waals surface area contributed by atoms with Gasteiger partial charge in [-0.1, -0.05) is 13.0 Å². The fourth-order valence-corrected chi connectivity index (χ4v) is 2.04. The molecule has 1 heterocycles. The molecule has 0 aliphatic carbocycles. The van der Waals surface area contributed by atoms with Crippen LogP contribution in [0, 0.1) is 5.82 Å². The molecule has 0 radical (unpaired) electrons. The molecule has 0 aliphatic heterocycles. The van der Waals surface area contributed by atoms with E-state index in [0.29, 0.717) is 18.5 Å². The first-order valence-corrected chi connectivity index (χ1v) is 6.17. The molecule has 2 rings (SSSR count). The number of allylic oxidation sites excluding steroid dienone is 1. The zero-order valence-electron chi connectivity index (χ0n) is 11.0. The van der Waals surface area contributed by atoms with Crippen LogP contribution < -0.4 is 0 Å². The predicted molar refractivity (Wildman–Crippen MR) is 72.3 cm³/mol. The van der Waals surface area contributed by atoms with Gasteiger partial charge in [-0.05, 0) is 30.7 Å². The highest BCUT2D eigenvalue weighted by molar-refractivity contribution is 5.88. The van der Waals surface area contributed by atoms with Gasteiger partial charge in [0.15, 0.2) is 0 Å². The minimum Gasteiger partial charge on any atom is -0.466 e. The molecule has 0 atom stereocenters. The van der Waals surface area contributed by atoms with Gasteiger partial charge >= 0.3 is 5.97 Å². The summed E-state index contributed by atoms with van der Waals surface area (Å²) in [6.45, 7) is 2.47. The molecule has 0 bridgehead atoms. The summed E-state index contributed by atoms with van der Waals surface area (Å²) in [7, 11) is 1.37. The number of halogens is 1. The van der Waals surface area contributed by atoms with Crippen molar-refractivity contribution >= 4 is 16.9 Å². The molecule has 19 heavy (non-hydrogen) atoms. The lowest BCUT2D eigenvalue weighted by molar-refractivity contribution is -0.136. The fourth-order valence-electron chi connectivity index (χ4n) is 2.04. The van der Waals surface area contributed by atoms with Gasteiger partial charge in [0.1, 0.15) is 5.82 Å². The van der Waals surface area contributed by atoms with Crippen LogP contribution >= 0.6 is 0 Å². The third kappa shape index (κ3) is 2.84. The van der Waals surface area contributed by atoms with Crippen LogP contribution in [-0.4, -0.2) is 17.6 Å². The molecule has 0 amide bonds. The molecule has 0 spiro atoms. The van der Waals surface area contributed by atoms with Crippen LogP contribution in [0.25, 0.3) is 10.9 Å². The van der Waals surface area contributed by atoms with Crippen molar-refractivity contribution in [3.63, 3.8) is 0 Å². The summed E-state index contributed by atoms with van der Waals surface area (Å²) >= 11 is 0. The van der Waals surface area contributed by atoms with Crippen LogP contribution in [0.1, 0.15) is 13.3 Å². The number of methoxy groups -OCH3 is 1. The molecular formula is C15H16FNO2. The first-order chi connectivity index (χ1) is 9.15. The van der Waals surface area contributed by atoms with E-state index in [-0.39, 0.29) is 11.8 Å². The smallest absolute Gasteiger partial charge is 0.333 e. The number of fused-ring (bicyclic) bond motifs is 1. The van der Waals surface area contributed by atoms with E-state index < -0.39 is 0 Å². The molecule has 4 heteroatoms. The second-order valence-corrected chi connectivity index (χ2v) is 4.25. The molecule has 2 aromatic rings. The third-order valence-electron chi connectivity index (χ3n) is 3.10. The maximum Gasteiger partial charge on any atom is 0.333 e. The highest BCUT2D eigenvalue weighted by Crippen LogP contribution is 2.17. The number of hydrogen-bond donors (Lipinski definition) is 0. The SMILES string of the molecule is CCC(=CCn1ccc2cc(F)ccc21)C(=O)OC. The van der Waals surface area contributed by atoms with E-state index in [1.807, 2.05) is 29.8 Å². The molecule has 0 fully saturated rings. The molecule has 0 N–H and O–H groups in total. The van der Waals surface area contributed by atoms with Gasteiger partial charge in [-0.3, -0.25) is 0 Å². The second kappa shape index (κ2) is 5.69. The minimum atomic E-state index is -0.301. The average Bonchev–Trinajstić information content (AvgIpc) is 2.81. The van der Waals surface area contributed by atoms with Gasteiger partial charge in [-0.25, -0.2) is 9.18 Å². The van der Waals surface area contributed by atoms with Gasteiger partial charge in [0, 0.05) is 29.2 Å². The van der Waals surface area contributed by atoms with Crippen molar-refractivity contribution in [2.24, 2.45) is 0 Å². The predicted octanol–water partition coefficient (Wildman–Crippen LogP) is 3.29. The summed E-state index contributed by atoms with van der Waals surface area (Å²) in [6, 6.07) is 6.53. The van der Waals surface area contributed by atoms with Gasteiger partial charge in [-0.15, -0.1) is 0 Å². The highest BCUT2D eigenvalue weighted by Gasteiger charge is 2.07. The van der Waals surface area contributed by atoms with Crippen molar-refractivity contribution in [2.45, 2.75) is 19.9 Å². The number of hydrogen-bond acceptors (Lipinski definition) is 2. The molecule has 0 saturated carbocycles. The molecule has 3 nitrogen and oxygen atoms in total. The quantitative estimate of drug-likeness (QED) is 0.624. The van der Waals surface area contributed by atoms with Crippen molar-refractivity contribution < 1.29 is 13.9 Å². The van der Waals surface area contributed by atoms with Crippen molar-refractivity contribution in [1.82, 2.24) is 4.57 Å². The van der Waals surface area contributed by atoms with E-state index in [1.54, 1.807) is 6.07 Å². The number of aromatic nitrogens is 1. The monoisotopic (exact) mass is 261 g/mol. The lowest BCUT2D eigenvalue weighted by Gasteiger charge is -2.05. The Bertz CT molecular complexity index is 628. The number of benzene rings is 1. The highest BCUT2D eigenvalue weighted by atomic mass is 19.1. The average molecular weight is 261 g/mol. The first kappa shape index (κ1) is 13.3. The summed E-state index contributed by atoms with van der Waals surface area (Å²) in [5.74, 6) is -0.547. The molecule has 1 aromatic carbocycles. The number of ether oxygens (including phenoxy) is 1. The van der Waals surface area contributed by atoms with Crippen LogP contribution in [0.5, 0.6) is 0 Å². The number of carbonyl (C=O) groups is 1. The zero-order valence-corrected chi connectivity index (χ0v) is 11.0. The van der Waals surface area contributed by atoms with Gasteiger partial charge in [0.05, 0.1) is 7.11 Å². The Morgan fingerprint density at radius 1 is 1.42 bits per heavy atom. The Morgan fingerprint density at radius 2 is 2.21 bits per heavy atom. The van der Waals surface area contributed by atoms with Crippen molar-refractivity contribution in [2.75, 3.05) is 7.11 Å². The summed E-state index contributed by atoms with van der Waals surface area (Å²) in [5, 5.41) is 0.851. The molecule has 0 saturated heterocycles. The first-order valence-electron chi connectivity index (χ1n) is 6.17. The lowest BCUT2D eigenvalue weighted by Crippen LogP contribution is -2.05. The Hall–Kier alpha value is -2.10. The van der Waals surface area contributed by atoms with Gasteiger partial charge in [0.2, 0.25) is 0 Å². The zero-order chi connectivity index (χ0) is 13.8. The van der Waals surface area contributed by atoms with E-state index >= 15 is 0 Å². The van der Waals surface area contributed by atoms with Crippen LogP contribution in [0.4, 0.5) is 4.39 Å². The fraction of sp³-hybridized carbons (Fsp3) is 0.267. The molecule has 0 unspecified atom stereocenters. The topological polar surface area (TPSA) is 31.2 Å². The van der Waals surface area contributed by atoms with E-state index in [9.17, 15) is 9.18 Å². The van der Waals surface area contributed by atoms with Gasteiger partial charge in [0.25, 0.3) is 0 Å². The van der Waals surface area contributed by atoms with Crippen LogP contribution in [0.2, 0.25) is 0 Å². The number of esters is 1. The summed E-state index contributed by atoms with van der Waals surface area (Å²) in [4.78, 5) is 11.5. The molecule has 1 aromatic heterocycles. The normalized spacial score (nSPS) is 11.8. The molecule has 100 valence electrons. The summed E-state index contributed by atoms with van der Waals surface area (Å²) in [6.07, 6.45) is 4.35. The third-order valence-corrected chi connectivity index (χ3v) is 3.10. The molecule has 0 aliphatic rings. The summed E-state index contributed by atoms with van der Waals surface area (Å²) < 4.78 is 19.8. The van der Waals surface area contributed by atoms with Crippen LogP contribution in [-0.2, 0) is 16.1 Å². The second-order valence-electron chi connectivity index (χ2n) is 4.25. The van der Waals surface area contributed by atoms with Crippen LogP contribution in [0.3, 0.4) is 0 Å². The number of rotatable bonds is 4. The molecular weight excluding hydrogens is 245 g/mol. The van der Waals surface area contributed by atoms with Crippen molar-refractivity contribution in [1.29, 1.82) is 0 Å². The summed E-state index contributed by atoms with van der Waals surface area (Å²) in [5.41, 5.74) is 1.59. The number of nitrogens with zero attached hydrogens (tertiary/aromatic N) is 1. The Kier molecular flexibility index (Phi) is 4.00. The maximum atomic E-state index is 13.1. The van der Waals surface area contributed by atoms with Gasteiger partial charge in [-0.2, -0.15) is 0 Å². The van der Waals surface area contributed by atoms with E-state index in [1.165, 1.54) is 19.2 Å². The Labute approximate surface area is 111 Å². The lowest BCUT2D eigenvalue weighted by atomic mass is 10.2. The Morgan fingerprint density at radius 3 is 2.89 bits per heavy atom. The van der Waals surface area contributed by atoms with E-state index in [4.69, 9.17) is 4.74 Å². The number of carbonyl (C=O) groups excluding carboxylic acids is 1.